The molecule has 1 aliphatic carbocycles. The van der Waals surface area contributed by atoms with E-state index in [0.717, 1.165) is 25.7 Å². The lowest BCUT2D eigenvalue weighted by Crippen LogP contribution is -2.44. The van der Waals surface area contributed by atoms with Crippen LogP contribution in [0.4, 0.5) is 0 Å². The van der Waals surface area contributed by atoms with Crippen LogP contribution in [0.5, 0.6) is 0 Å². The third kappa shape index (κ3) is 4.03. The number of rotatable bonds is 4. The first-order valence-electron chi connectivity index (χ1n) is 7.28. The molecule has 1 aliphatic rings. The molecule has 0 aromatic rings. The van der Waals surface area contributed by atoms with Crippen molar-refractivity contribution in [2.24, 2.45) is 23.0 Å². The molecule has 4 nitrogen and oxygen atoms in total. The second kappa shape index (κ2) is 6.51. The fourth-order valence-electron chi connectivity index (χ4n) is 2.88. The molecule has 0 heterocycles. The van der Waals surface area contributed by atoms with Crippen LogP contribution >= 0.6 is 0 Å². The lowest BCUT2D eigenvalue weighted by atomic mass is 9.70. The fourth-order valence-corrected chi connectivity index (χ4v) is 2.88. The predicted molar refractivity (Wildman–Crippen MR) is 76.6 cm³/mol. The van der Waals surface area contributed by atoms with Crippen LogP contribution in [0.3, 0.4) is 0 Å². The van der Waals surface area contributed by atoms with E-state index in [1.807, 2.05) is 20.8 Å². The van der Waals surface area contributed by atoms with Crippen LogP contribution < -0.4 is 5.73 Å². The Kier molecular flexibility index (Phi) is 5.53. The standard InChI is InChI=1S/C15H28N2O2/c1-15(2,3)13(18)11-7-5-6-8-12(11)14(19)17(4)10-9-16/h11-12H,5-10,16H2,1-4H3/t11-,12+/m1/s1. The summed E-state index contributed by atoms with van der Waals surface area (Å²) in [6.07, 6.45) is 3.78. The molecule has 1 rings (SSSR count). The van der Waals surface area contributed by atoms with E-state index < -0.39 is 0 Å². The highest BCUT2D eigenvalue weighted by atomic mass is 16.2. The van der Waals surface area contributed by atoms with Crippen molar-refractivity contribution in [2.45, 2.75) is 46.5 Å². The quantitative estimate of drug-likeness (QED) is 0.846. The summed E-state index contributed by atoms with van der Waals surface area (Å²) in [6, 6.07) is 0. The SMILES string of the molecule is CN(CCN)C(=O)[C@H]1CCCC[C@H]1C(=O)C(C)(C)C. The van der Waals surface area contributed by atoms with Crippen LogP contribution in [0.15, 0.2) is 0 Å². The van der Waals surface area contributed by atoms with E-state index in [4.69, 9.17) is 5.73 Å². The van der Waals surface area contributed by atoms with E-state index >= 15 is 0 Å². The first-order chi connectivity index (χ1) is 8.79. The second-order valence-corrected chi connectivity index (χ2v) is 6.66. The number of ketones is 1. The van der Waals surface area contributed by atoms with Gasteiger partial charge < -0.3 is 10.6 Å². The molecular formula is C15H28N2O2. The van der Waals surface area contributed by atoms with Crippen molar-refractivity contribution >= 4 is 11.7 Å². The zero-order valence-electron chi connectivity index (χ0n) is 12.7. The van der Waals surface area contributed by atoms with Gasteiger partial charge >= 0.3 is 0 Å². The van der Waals surface area contributed by atoms with Crippen LogP contribution in [0.1, 0.15) is 46.5 Å². The van der Waals surface area contributed by atoms with Crippen LogP contribution in [0.2, 0.25) is 0 Å². The van der Waals surface area contributed by atoms with E-state index in [0.29, 0.717) is 13.1 Å². The van der Waals surface area contributed by atoms with Crippen molar-refractivity contribution in [2.75, 3.05) is 20.1 Å². The number of hydrogen-bond donors (Lipinski definition) is 1. The monoisotopic (exact) mass is 268 g/mol. The minimum absolute atomic E-state index is 0.0905. The highest BCUT2D eigenvalue weighted by Crippen LogP contribution is 2.36. The second-order valence-electron chi connectivity index (χ2n) is 6.66. The lowest BCUT2D eigenvalue weighted by molar-refractivity contribution is -0.144. The van der Waals surface area contributed by atoms with Crippen molar-refractivity contribution in [3.8, 4) is 0 Å². The third-order valence-electron chi connectivity index (χ3n) is 4.00. The van der Waals surface area contributed by atoms with Crippen molar-refractivity contribution in [1.29, 1.82) is 0 Å². The highest BCUT2D eigenvalue weighted by Gasteiger charge is 2.40. The zero-order valence-corrected chi connectivity index (χ0v) is 12.7. The predicted octanol–water partition coefficient (Wildman–Crippen LogP) is 1.83. The van der Waals surface area contributed by atoms with Crippen LogP contribution in [-0.2, 0) is 9.59 Å². The maximum atomic E-state index is 12.5. The molecule has 1 saturated carbocycles. The average molecular weight is 268 g/mol. The minimum Gasteiger partial charge on any atom is -0.344 e. The Bertz CT molecular complexity index is 334. The summed E-state index contributed by atoms with van der Waals surface area (Å²) < 4.78 is 0. The topological polar surface area (TPSA) is 63.4 Å². The molecular weight excluding hydrogens is 240 g/mol. The molecule has 4 heteroatoms. The number of amides is 1. The number of carbonyl (C=O) groups excluding carboxylic acids is 2. The zero-order chi connectivity index (χ0) is 14.6. The van der Waals surface area contributed by atoms with Gasteiger partial charge in [0, 0.05) is 37.4 Å². The first kappa shape index (κ1) is 16.2. The van der Waals surface area contributed by atoms with E-state index in [9.17, 15) is 9.59 Å². The Morgan fingerprint density at radius 3 is 2.16 bits per heavy atom. The van der Waals surface area contributed by atoms with Gasteiger partial charge in [0.2, 0.25) is 5.91 Å². The fraction of sp³-hybridized carbons (Fsp3) is 0.867. The summed E-state index contributed by atoms with van der Waals surface area (Å²) in [7, 11) is 1.78. The summed E-state index contributed by atoms with van der Waals surface area (Å²) in [5.41, 5.74) is 5.13. The van der Waals surface area contributed by atoms with Gasteiger partial charge in [-0.25, -0.2) is 0 Å². The highest BCUT2D eigenvalue weighted by molar-refractivity contribution is 5.91. The molecule has 0 unspecified atom stereocenters. The normalized spacial score (nSPS) is 24.1. The van der Waals surface area contributed by atoms with Crippen molar-refractivity contribution in [3.05, 3.63) is 0 Å². The van der Waals surface area contributed by atoms with Gasteiger partial charge in [0.25, 0.3) is 0 Å². The molecule has 0 spiro atoms. The van der Waals surface area contributed by atoms with Crippen LogP contribution in [0.25, 0.3) is 0 Å². The van der Waals surface area contributed by atoms with Gasteiger partial charge in [-0.1, -0.05) is 33.6 Å². The molecule has 0 radical (unpaired) electrons. The number of nitrogens with zero attached hydrogens (tertiary/aromatic N) is 1. The van der Waals surface area contributed by atoms with Gasteiger partial charge in [-0.3, -0.25) is 9.59 Å². The van der Waals surface area contributed by atoms with Gasteiger partial charge in [-0.2, -0.15) is 0 Å². The Balaban J connectivity index is 2.83. The van der Waals surface area contributed by atoms with Gasteiger partial charge in [-0.15, -0.1) is 0 Å². The molecule has 0 aromatic carbocycles. The van der Waals surface area contributed by atoms with Gasteiger partial charge in [0.1, 0.15) is 5.78 Å². The minimum atomic E-state index is -0.368. The third-order valence-corrected chi connectivity index (χ3v) is 4.00. The Morgan fingerprint density at radius 2 is 1.68 bits per heavy atom. The summed E-state index contributed by atoms with van der Waals surface area (Å²) in [5, 5.41) is 0. The maximum absolute atomic E-state index is 12.5. The molecule has 0 aliphatic heterocycles. The molecule has 0 aromatic heterocycles. The number of Topliss-reactive ketones (excluding diaryl/α,β-unsaturated/α-hetero) is 1. The number of likely N-dealkylation sites (N-methyl/N-ethyl adjacent to an activating group) is 1. The molecule has 110 valence electrons. The Labute approximate surface area is 116 Å². The largest absolute Gasteiger partial charge is 0.344 e. The number of hydrogen-bond acceptors (Lipinski definition) is 3. The smallest absolute Gasteiger partial charge is 0.226 e. The molecule has 2 atom stereocenters. The summed E-state index contributed by atoms with van der Waals surface area (Å²) in [4.78, 5) is 26.6. The summed E-state index contributed by atoms with van der Waals surface area (Å²) >= 11 is 0. The Morgan fingerprint density at radius 1 is 1.16 bits per heavy atom. The van der Waals surface area contributed by atoms with Crippen molar-refractivity contribution < 1.29 is 9.59 Å². The first-order valence-corrected chi connectivity index (χ1v) is 7.28. The van der Waals surface area contributed by atoms with E-state index in [1.54, 1.807) is 11.9 Å². The van der Waals surface area contributed by atoms with Crippen LogP contribution in [0, 0.1) is 17.3 Å². The van der Waals surface area contributed by atoms with E-state index in [-0.39, 0.29) is 28.9 Å². The van der Waals surface area contributed by atoms with Crippen molar-refractivity contribution in [1.82, 2.24) is 4.90 Å². The molecule has 2 N–H and O–H groups in total. The summed E-state index contributed by atoms with van der Waals surface area (Å²) in [6.45, 7) is 6.85. The maximum Gasteiger partial charge on any atom is 0.226 e. The Hall–Kier alpha value is -0.900. The molecule has 1 fully saturated rings. The van der Waals surface area contributed by atoms with Gasteiger partial charge in [0.05, 0.1) is 0 Å². The molecule has 1 amide bonds. The van der Waals surface area contributed by atoms with Crippen molar-refractivity contribution in [3.63, 3.8) is 0 Å². The molecule has 0 bridgehead atoms. The van der Waals surface area contributed by atoms with Gasteiger partial charge in [-0.05, 0) is 12.8 Å². The van der Waals surface area contributed by atoms with Gasteiger partial charge in [0.15, 0.2) is 0 Å². The molecule has 0 saturated heterocycles. The molecule has 19 heavy (non-hydrogen) atoms. The lowest BCUT2D eigenvalue weighted by Gasteiger charge is -2.35. The van der Waals surface area contributed by atoms with Crippen LogP contribution in [-0.4, -0.2) is 36.7 Å². The van der Waals surface area contributed by atoms with E-state index in [1.165, 1.54) is 0 Å². The number of carbonyl (C=O) groups is 2. The summed E-state index contributed by atoms with van der Waals surface area (Å²) in [5.74, 6) is 0.0675. The number of nitrogens with two attached hydrogens (primary N) is 1. The van der Waals surface area contributed by atoms with E-state index in [2.05, 4.69) is 0 Å². The average Bonchev–Trinajstić information content (AvgIpc) is 2.36.